The van der Waals surface area contributed by atoms with Crippen molar-refractivity contribution in [3.05, 3.63) is 66.8 Å². The quantitative estimate of drug-likeness (QED) is 0.422. The molecule has 222 valence electrons. The van der Waals surface area contributed by atoms with Gasteiger partial charge in [-0.1, -0.05) is 68.5 Å². The maximum atomic E-state index is 14.8. The predicted molar refractivity (Wildman–Crippen MR) is 160 cm³/mol. The molecule has 1 N–H and O–H groups in total. The lowest BCUT2D eigenvalue weighted by Crippen LogP contribution is -2.59. The third kappa shape index (κ3) is 4.56. The molecule has 6 atom stereocenters. The van der Waals surface area contributed by atoms with Gasteiger partial charge in [0.05, 0.1) is 30.8 Å². The Morgan fingerprint density at radius 2 is 1.76 bits per heavy atom. The Kier molecular flexibility index (Phi) is 7.48. The molecule has 4 aliphatic rings. The van der Waals surface area contributed by atoms with E-state index < -0.39 is 41.1 Å². The van der Waals surface area contributed by atoms with Crippen LogP contribution in [0.15, 0.2) is 66.8 Å². The smallest absolute Gasteiger partial charge is 0.313 e. The van der Waals surface area contributed by atoms with Crippen LogP contribution in [0.2, 0.25) is 0 Å². The van der Waals surface area contributed by atoms with E-state index in [2.05, 4.69) is 0 Å². The Morgan fingerprint density at radius 3 is 2.52 bits per heavy atom. The standard InChI is InChI=1S/C34H40N2O6/c1-22(2)19-26(21-37)36-29-31(39)35(25-14-13-23-11-6-7-12-24(23)20-25)17-10-16-34(29)27(30(36)38)28-32(40)41-18-9-5-4-8-15-33(28,3)42-34/h6-8,10-16,20,22,26-29,37H,4-5,9,17-19,21H2,1-3H3/b15-8-/t26-,27+,28-,29?,33+,34+/m1/s1. The van der Waals surface area contributed by atoms with Crippen LogP contribution in [-0.4, -0.2) is 70.8 Å². The molecule has 2 aromatic carbocycles. The number of aliphatic hydroxyl groups is 1. The lowest BCUT2D eigenvalue weighted by atomic mass is 9.74. The maximum Gasteiger partial charge on any atom is 0.313 e. The van der Waals surface area contributed by atoms with Crippen molar-refractivity contribution in [3.63, 3.8) is 0 Å². The topological polar surface area (TPSA) is 96.4 Å². The third-order valence-electron chi connectivity index (χ3n) is 9.33. The molecule has 8 heteroatoms. The highest BCUT2D eigenvalue weighted by Crippen LogP contribution is 2.57. The summed E-state index contributed by atoms with van der Waals surface area (Å²) in [7, 11) is 0. The van der Waals surface area contributed by atoms with Crippen LogP contribution in [0.5, 0.6) is 0 Å². The Bertz CT molecular complexity index is 1450. The van der Waals surface area contributed by atoms with Gasteiger partial charge in [-0.3, -0.25) is 14.4 Å². The van der Waals surface area contributed by atoms with E-state index in [9.17, 15) is 19.5 Å². The number of ether oxygens (including phenoxy) is 2. The predicted octanol–water partition coefficient (Wildman–Crippen LogP) is 4.40. The number of benzene rings is 2. The van der Waals surface area contributed by atoms with Gasteiger partial charge in [0.15, 0.2) is 0 Å². The molecule has 6 rings (SSSR count). The first-order valence-corrected chi connectivity index (χ1v) is 15.2. The van der Waals surface area contributed by atoms with Crippen LogP contribution in [0.25, 0.3) is 10.8 Å². The Labute approximate surface area is 246 Å². The van der Waals surface area contributed by atoms with Crippen molar-refractivity contribution in [2.75, 3.05) is 24.7 Å². The fourth-order valence-corrected chi connectivity index (χ4v) is 7.53. The highest BCUT2D eigenvalue weighted by Gasteiger charge is 2.75. The molecule has 0 radical (unpaired) electrons. The number of rotatable bonds is 5. The van der Waals surface area contributed by atoms with E-state index in [-0.39, 0.29) is 37.5 Å². The number of cyclic esters (lactones) is 1. The SMILES string of the molecule is CC(C)C[C@H](CO)N1C(=O)[C@@H]2[C@@H]3C(=O)OCCCC/C=C\[C@]3(C)O[C@@]23C=CCN(c2ccc4ccccc4c2)C(=O)C13. The summed E-state index contributed by atoms with van der Waals surface area (Å²) in [4.78, 5) is 46.3. The molecule has 42 heavy (non-hydrogen) atoms. The second-order valence-electron chi connectivity index (χ2n) is 12.7. The lowest BCUT2D eigenvalue weighted by molar-refractivity contribution is -0.160. The number of aliphatic hydroxyl groups excluding tert-OH is 1. The van der Waals surface area contributed by atoms with Gasteiger partial charge in [0.2, 0.25) is 5.91 Å². The average Bonchev–Trinajstić information content (AvgIpc) is 3.30. The van der Waals surface area contributed by atoms with Gasteiger partial charge in [0, 0.05) is 12.2 Å². The largest absolute Gasteiger partial charge is 0.465 e. The highest BCUT2D eigenvalue weighted by atomic mass is 16.6. The van der Waals surface area contributed by atoms with Crippen LogP contribution in [0.1, 0.15) is 46.5 Å². The number of fused-ring (bicyclic) bond motifs is 3. The van der Waals surface area contributed by atoms with Crippen LogP contribution in [0.3, 0.4) is 0 Å². The monoisotopic (exact) mass is 572 g/mol. The Morgan fingerprint density at radius 1 is 0.976 bits per heavy atom. The van der Waals surface area contributed by atoms with E-state index in [0.717, 1.165) is 30.0 Å². The summed E-state index contributed by atoms with van der Waals surface area (Å²) in [5.74, 6) is -2.88. The number of likely N-dealkylation sites (tertiary alicyclic amines) is 1. The minimum atomic E-state index is -1.40. The number of esters is 1. The van der Waals surface area contributed by atoms with Gasteiger partial charge < -0.3 is 24.4 Å². The number of allylic oxidation sites excluding steroid dienone is 1. The first-order valence-electron chi connectivity index (χ1n) is 15.2. The summed E-state index contributed by atoms with van der Waals surface area (Å²) in [6.07, 6.45) is 10.5. The van der Waals surface area contributed by atoms with E-state index in [1.165, 1.54) is 4.90 Å². The second-order valence-corrected chi connectivity index (χ2v) is 12.7. The molecule has 4 heterocycles. The molecule has 2 aromatic rings. The van der Waals surface area contributed by atoms with E-state index in [1.54, 1.807) is 4.90 Å². The molecule has 1 spiro atoms. The van der Waals surface area contributed by atoms with Gasteiger partial charge in [-0.2, -0.15) is 0 Å². The van der Waals surface area contributed by atoms with E-state index in [1.807, 2.05) is 87.5 Å². The first-order chi connectivity index (χ1) is 20.2. The van der Waals surface area contributed by atoms with Crippen molar-refractivity contribution in [2.24, 2.45) is 17.8 Å². The number of nitrogens with zero attached hydrogens (tertiary/aromatic N) is 2. The number of amides is 2. The van der Waals surface area contributed by atoms with Gasteiger partial charge in [-0.05, 0) is 61.4 Å². The molecule has 2 fully saturated rings. The fraction of sp³-hybridized carbons (Fsp3) is 0.500. The van der Waals surface area contributed by atoms with Gasteiger partial charge in [-0.15, -0.1) is 0 Å². The van der Waals surface area contributed by atoms with E-state index in [0.29, 0.717) is 12.1 Å². The average molecular weight is 573 g/mol. The number of carbonyl (C=O) groups is 3. The van der Waals surface area contributed by atoms with Crippen LogP contribution in [0.4, 0.5) is 5.69 Å². The molecule has 1 unspecified atom stereocenters. The molecule has 8 nitrogen and oxygen atoms in total. The first kappa shape index (κ1) is 28.6. The van der Waals surface area contributed by atoms with Gasteiger partial charge >= 0.3 is 5.97 Å². The van der Waals surface area contributed by atoms with Crippen molar-refractivity contribution in [2.45, 2.75) is 69.7 Å². The zero-order valence-electron chi connectivity index (χ0n) is 24.6. The number of hydrogen-bond acceptors (Lipinski definition) is 6. The summed E-state index contributed by atoms with van der Waals surface area (Å²) in [5, 5.41) is 12.6. The van der Waals surface area contributed by atoms with Crippen LogP contribution in [-0.2, 0) is 23.9 Å². The van der Waals surface area contributed by atoms with Crippen LogP contribution in [0, 0.1) is 17.8 Å². The number of anilines is 1. The maximum absolute atomic E-state index is 14.8. The highest BCUT2D eigenvalue weighted by molar-refractivity contribution is 6.06. The van der Waals surface area contributed by atoms with Gasteiger partial charge in [0.25, 0.3) is 5.91 Å². The molecule has 0 aromatic heterocycles. The summed E-state index contributed by atoms with van der Waals surface area (Å²) in [6.45, 7) is 6.11. The zero-order valence-corrected chi connectivity index (χ0v) is 24.6. The zero-order chi connectivity index (χ0) is 29.6. The van der Waals surface area contributed by atoms with Crippen LogP contribution < -0.4 is 4.90 Å². The normalized spacial score (nSPS) is 32.8. The van der Waals surface area contributed by atoms with E-state index >= 15 is 0 Å². The van der Waals surface area contributed by atoms with E-state index in [4.69, 9.17) is 9.47 Å². The minimum Gasteiger partial charge on any atom is -0.465 e. The molecule has 4 aliphatic heterocycles. The molecule has 0 aliphatic carbocycles. The van der Waals surface area contributed by atoms with Crippen molar-refractivity contribution in [1.29, 1.82) is 0 Å². The molecular formula is C34H40N2O6. The van der Waals surface area contributed by atoms with Crippen molar-refractivity contribution in [1.82, 2.24) is 4.90 Å². The summed E-state index contributed by atoms with van der Waals surface area (Å²) >= 11 is 0. The fourth-order valence-electron chi connectivity index (χ4n) is 7.53. The molecule has 2 saturated heterocycles. The Balaban J connectivity index is 1.50. The summed E-state index contributed by atoms with van der Waals surface area (Å²) in [5.41, 5.74) is -1.83. The van der Waals surface area contributed by atoms with Crippen molar-refractivity contribution < 1.29 is 29.0 Å². The van der Waals surface area contributed by atoms with Crippen molar-refractivity contribution in [3.8, 4) is 0 Å². The minimum absolute atomic E-state index is 0.159. The number of hydrogen-bond donors (Lipinski definition) is 1. The lowest BCUT2D eigenvalue weighted by Gasteiger charge is -2.40. The van der Waals surface area contributed by atoms with Gasteiger partial charge in [-0.25, -0.2) is 0 Å². The molecule has 0 saturated carbocycles. The Hall–Kier alpha value is -3.49. The van der Waals surface area contributed by atoms with Gasteiger partial charge in [0.1, 0.15) is 17.6 Å². The van der Waals surface area contributed by atoms with Crippen LogP contribution >= 0.6 is 0 Å². The molecule has 0 bridgehead atoms. The number of carbonyl (C=O) groups excluding carboxylic acids is 3. The summed E-state index contributed by atoms with van der Waals surface area (Å²) in [6, 6.07) is 12.2. The molecular weight excluding hydrogens is 532 g/mol. The molecule has 2 amide bonds. The third-order valence-corrected chi connectivity index (χ3v) is 9.33. The van der Waals surface area contributed by atoms with Crippen molar-refractivity contribution >= 4 is 34.2 Å². The second kappa shape index (κ2) is 11.0. The summed E-state index contributed by atoms with van der Waals surface area (Å²) < 4.78 is 12.6.